The number of benzene rings is 6. The van der Waals surface area contributed by atoms with Gasteiger partial charge >= 0.3 is 0 Å². The third kappa shape index (κ3) is 6.43. The molecule has 0 fully saturated rings. The van der Waals surface area contributed by atoms with Crippen molar-refractivity contribution in [3.63, 3.8) is 0 Å². The van der Waals surface area contributed by atoms with E-state index in [1.165, 1.54) is 120 Å². The first-order chi connectivity index (χ1) is 29.6. The normalized spacial score (nSPS) is 19.4. The van der Waals surface area contributed by atoms with Crippen molar-refractivity contribution in [3.8, 4) is 11.1 Å². The summed E-state index contributed by atoms with van der Waals surface area (Å²) < 4.78 is 0. The molecular formula is C58H48N2. The second-order valence-corrected chi connectivity index (χ2v) is 17.6. The van der Waals surface area contributed by atoms with Crippen LogP contribution in [0.5, 0.6) is 0 Å². The molecule has 6 aromatic rings. The molecule has 2 atom stereocenters. The molecule has 2 heteroatoms. The van der Waals surface area contributed by atoms with E-state index < -0.39 is 0 Å². The summed E-state index contributed by atoms with van der Waals surface area (Å²) in [5.41, 5.74) is 27.4. The molecule has 6 aliphatic rings. The van der Waals surface area contributed by atoms with Crippen molar-refractivity contribution in [2.24, 2.45) is 0 Å². The van der Waals surface area contributed by atoms with E-state index in [1.807, 2.05) is 0 Å². The fraction of sp³-hybridized carbons (Fsp3) is 0.172. The first-order valence-corrected chi connectivity index (χ1v) is 22.1. The summed E-state index contributed by atoms with van der Waals surface area (Å²) in [5, 5.41) is 7.38. The van der Waals surface area contributed by atoms with Gasteiger partial charge in [0.15, 0.2) is 0 Å². The monoisotopic (exact) mass is 772 g/mol. The van der Waals surface area contributed by atoms with Crippen LogP contribution >= 0.6 is 0 Å². The summed E-state index contributed by atoms with van der Waals surface area (Å²) in [7, 11) is 0. The first kappa shape index (κ1) is 35.3. The fourth-order valence-corrected chi connectivity index (χ4v) is 10.6. The Morgan fingerprint density at radius 3 is 1.53 bits per heavy atom. The lowest BCUT2D eigenvalue weighted by Crippen LogP contribution is -2.23. The van der Waals surface area contributed by atoms with Gasteiger partial charge in [-0.25, -0.2) is 0 Å². The maximum absolute atomic E-state index is 3.72. The summed E-state index contributed by atoms with van der Waals surface area (Å²) in [6.07, 6.45) is 23.4. The first-order valence-electron chi connectivity index (χ1n) is 22.1. The second kappa shape index (κ2) is 14.6. The lowest BCUT2D eigenvalue weighted by atomic mass is 9.64. The molecule has 0 saturated heterocycles. The van der Waals surface area contributed by atoms with Crippen LogP contribution in [-0.4, -0.2) is 0 Å². The Kier molecular flexibility index (Phi) is 8.58. The number of hydrogen-bond donors (Lipinski definition) is 2. The molecule has 0 heterocycles. The number of allylic oxidation sites excluding steroid dienone is 11. The van der Waals surface area contributed by atoms with Crippen LogP contribution in [0.2, 0.25) is 0 Å². The van der Waals surface area contributed by atoms with Gasteiger partial charge in [0.25, 0.3) is 0 Å². The van der Waals surface area contributed by atoms with Crippen LogP contribution in [0, 0.1) is 0 Å². The van der Waals surface area contributed by atoms with Crippen LogP contribution in [0.25, 0.3) is 27.8 Å². The topological polar surface area (TPSA) is 24.1 Å². The molecule has 12 rings (SSSR count). The van der Waals surface area contributed by atoms with E-state index in [2.05, 4.69) is 181 Å². The zero-order valence-electron chi connectivity index (χ0n) is 34.0. The van der Waals surface area contributed by atoms with Gasteiger partial charge in [0.1, 0.15) is 0 Å². The maximum atomic E-state index is 3.72. The number of fused-ring (bicyclic) bond motifs is 8. The van der Waals surface area contributed by atoms with E-state index in [9.17, 15) is 0 Å². The van der Waals surface area contributed by atoms with E-state index in [-0.39, 0.29) is 0 Å². The zero-order valence-corrected chi connectivity index (χ0v) is 34.0. The van der Waals surface area contributed by atoms with E-state index in [0.29, 0.717) is 11.8 Å². The molecular weight excluding hydrogens is 725 g/mol. The highest BCUT2D eigenvalue weighted by Crippen LogP contribution is 2.54. The molecule has 2 nitrogen and oxygen atoms in total. The molecule has 290 valence electrons. The Morgan fingerprint density at radius 1 is 0.383 bits per heavy atom. The van der Waals surface area contributed by atoms with Gasteiger partial charge in [-0.15, -0.1) is 0 Å². The van der Waals surface area contributed by atoms with Crippen molar-refractivity contribution in [3.05, 3.63) is 237 Å². The molecule has 0 aromatic heterocycles. The minimum atomic E-state index is 0.362. The summed E-state index contributed by atoms with van der Waals surface area (Å²) in [6, 6.07) is 50.2. The highest BCUT2D eigenvalue weighted by molar-refractivity contribution is 5.80. The third-order valence-electron chi connectivity index (χ3n) is 14.1. The van der Waals surface area contributed by atoms with Crippen molar-refractivity contribution >= 4 is 33.8 Å². The van der Waals surface area contributed by atoms with Crippen LogP contribution in [0.15, 0.2) is 187 Å². The molecule has 0 aliphatic heterocycles. The Bertz CT molecular complexity index is 2910. The molecule has 2 N–H and O–H groups in total. The smallest absolute Gasteiger partial charge is 0.0390 e. The lowest BCUT2D eigenvalue weighted by molar-refractivity contribution is 0.688. The molecule has 6 aliphatic carbocycles. The van der Waals surface area contributed by atoms with Crippen LogP contribution in [-0.2, 0) is 25.7 Å². The summed E-state index contributed by atoms with van der Waals surface area (Å²) in [4.78, 5) is 0. The van der Waals surface area contributed by atoms with E-state index in [0.717, 1.165) is 42.7 Å². The zero-order chi connectivity index (χ0) is 39.6. The van der Waals surface area contributed by atoms with Crippen molar-refractivity contribution in [1.29, 1.82) is 0 Å². The molecule has 0 radical (unpaired) electrons. The molecule has 0 spiro atoms. The molecule has 0 bridgehead atoms. The Labute approximate surface area is 354 Å². The Balaban J connectivity index is 0.759. The quantitative estimate of drug-likeness (QED) is 0.161. The molecule has 2 unspecified atom stereocenters. The van der Waals surface area contributed by atoms with Crippen LogP contribution in [0.3, 0.4) is 0 Å². The standard InChI is InChI=1S/C58H48N2/c1-2-10-54-53(9-1)57-35-47(39-19-25-49(26-20-39)59-51-7-3-5-41(33-51)45-17-13-37-11-15-43(37)31-45)23-29-55(57)56-30-24-48(36-58(54)56)40-21-27-50(28-22-40)60-52-8-4-6-42(34-52)46-18-14-38-12-16-44(38)32-46/h1-3,5,7-10,13-14,17-34,57-60H,4,6,11-12,15-16,35-36H2. The average molecular weight is 773 g/mol. The van der Waals surface area contributed by atoms with Gasteiger partial charge < -0.3 is 10.6 Å². The van der Waals surface area contributed by atoms with Gasteiger partial charge in [0, 0.05) is 34.6 Å². The largest absolute Gasteiger partial charge is 0.356 e. The van der Waals surface area contributed by atoms with Crippen molar-refractivity contribution in [1.82, 2.24) is 0 Å². The minimum absolute atomic E-state index is 0.362. The van der Waals surface area contributed by atoms with E-state index in [1.54, 1.807) is 0 Å². The van der Waals surface area contributed by atoms with Gasteiger partial charge in [-0.1, -0.05) is 127 Å². The van der Waals surface area contributed by atoms with Gasteiger partial charge in [0.2, 0.25) is 0 Å². The van der Waals surface area contributed by atoms with Crippen molar-refractivity contribution in [2.75, 3.05) is 10.6 Å². The van der Waals surface area contributed by atoms with Crippen LogP contribution in [0.4, 0.5) is 17.1 Å². The predicted molar refractivity (Wildman–Crippen MR) is 251 cm³/mol. The number of nitrogens with one attached hydrogen (secondary N) is 2. The minimum Gasteiger partial charge on any atom is -0.356 e. The molecule has 0 saturated carbocycles. The second-order valence-electron chi connectivity index (χ2n) is 17.6. The van der Waals surface area contributed by atoms with Crippen molar-refractivity contribution < 1.29 is 0 Å². The van der Waals surface area contributed by atoms with Crippen LogP contribution < -0.4 is 10.6 Å². The van der Waals surface area contributed by atoms with E-state index in [4.69, 9.17) is 0 Å². The van der Waals surface area contributed by atoms with Gasteiger partial charge in [-0.3, -0.25) is 0 Å². The average Bonchev–Trinajstić information content (AvgIpc) is 3.28. The number of hydrogen-bond acceptors (Lipinski definition) is 2. The fourth-order valence-electron chi connectivity index (χ4n) is 10.6. The molecule has 60 heavy (non-hydrogen) atoms. The third-order valence-corrected chi connectivity index (χ3v) is 14.1. The van der Waals surface area contributed by atoms with Crippen LogP contribution in [0.1, 0.15) is 87.6 Å². The van der Waals surface area contributed by atoms with Gasteiger partial charge in [0.05, 0.1) is 0 Å². The molecule has 6 aromatic carbocycles. The lowest BCUT2D eigenvalue weighted by Gasteiger charge is -2.40. The Morgan fingerprint density at radius 2 is 0.933 bits per heavy atom. The molecule has 0 amide bonds. The predicted octanol–water partition coefficient (Wildman–Crippen LogP) is 14.5. The van der Waals surface area contributed by atoms with Gasteiger partial charge in [-0.2, -0.15) is 0 Å². The maximum Gasteiger partial charge on any atom is 0.0390 e. The summed E-state index contributed by atoms with van der Waals surface area (Å²) >= 11 is 0. The van der Waals surface area contributed by atoms with Gasteiger partial charge in [-0.05, 0) is 183 Å². The number of aryl methyl sites for hydroxylation is 4. The Hall–Kier alpha value is -6.64. The summed E-state index contributed by atoms with van der Waals surface area (Å²) in [5.74, 6) is 0.727. The number of anilines is 3. The van der Waals surface area contributed by atoms with E-state index >= 15 is 0 Å². The summed E-state index contributed by atoms with van der Waals surface area (Å²) in [6.45, 7) is 0. The number of rotatable bonds is 8. The highest BCUT2D eigenvalue weighted by Gasteiger charge is 2.37. The van der Waals surface area contributed by atoms with Crippen molar-refractivity contribution in [2.45, 2.75) is 63.2 Å². The highest BCUT2D eigenvalue weighted by atomic mass is 14.9. The SMILES string of the molecule is C1=C(Nc2ccc(C3=CC=C4C5=CC=C(c6ccc(Nc7cccc(-c8ccc9c(c8)CC9)c7)cc6)CC5c5ccccc5C4C3)cc2)C=C(c2ccc3c(c2)CC3)CC1.